The van der Waals surface area contributed by atoms with Crippen LogP contribution in [0.15, 0.2) is 0 Å². The van der Waals surface area contributed by atoms with E-state index in [1.807, 2.05) is 0 Å². The summed E-state index contributed by atoms with van der Waals surface area (Å²) in [6.07, 6.45) is -1.01. The van der Waals surface area contributed by atoms with E-state index in [2.05, 4.69) is 4.74 Å². The quantitative estimate of drug-likeness (QED) is 0.340. The summed E-state index contributed by atoms with van der Waals surface area (Å²) in [4.78, 5) is 0. The lowest BCUT2D eigenvalue weighted by Crippen LogP contribution is -2.33. The predicted octanol–water partition coefficient (Wildman–Crippen LogP) is -1.87. The summed E-state index contributed by atoms with van der Waals surface area (Å²) in [6, 6.07) is 0. The molecule has 0 saturated heterocycles. The van der Waals surface area contributed by atoms with Crippen LogP contribution in [-0.2, 0) is 14.9 Å². The first-order chi connectivity index (χ1) is 4.95. The Morgan fingerprint density at radius 2 is 2.09 bits per heavy atom. The normalized spacial score (nSPS) is 14.8. The number of nitrogens with two attached hydrogens (primary N) is 2. The van der Waals surface area contributed by atoms with E-state index in [9.17, 15) is 8.42 Å². The molecule has 5 N–H and O–H groups in total. The van der Waals surface area contributed by atoms with Crippen molar-refractivity contribution < 1.29 is 17.7 Å². The summed E-state index contributed by atoms with van der Waals surface area (Å²) in [7, 11) is -4.04. The first-order valence-corrected chi connectivity index (χ1v) is 4.59. The van der Waals surface area contributed by atoms with Gasteiger partial charge in [-0.2, -0.15) is 8.42 Å². The molecule has 0 aromatic carbocycles. The van der Waals surface area contributed by atoms with Gasteiger partial charge in [-0.05, 0) is 0 Å². The average Bonchev–Trinajstić information content (AvgIpc) is 1.79. The van der Waals surface area contributed by atoms with Gasteiger partial charge in [0.05, 0.1) is 6.61 Å². The van der Waals surface area contributed by atoms with E-state index in [0.717, 1.165) is 0 Å². The van der Waals surface area contributed by atoms with Gasteiger partial charge >= 0.3 is 0 Å². The van der Waals surface area contributed by atoms with E-state index < -0.39 is 22.1 Å². The maximum absolute atomic E-state index is 10.2. The van der Waals surface area contributed by atoms with Crippen LogP contribution in [0, 0.1) is 0 Å². The largest absolute Gasteiger partial charge is 0.361 e. The molecule has 6 nitrogen and oxygen atoms in total. The highest BCUT2D eigenvalue weighted by molar-refractivity contribution is 7.85. The molecule has 0 radical (unpaired) electrons. The highest BCUT2D eigenvalue weighted by Gasteiger charge is 2.11. The van der Waals surface area contributed by atoms with Crippen molar-refractivity contribution in [1.82, 2.24) is 0 Å². The molecule has 11 heavy (non-hydrogen) atoms. The topological polar surface area (TPSA) is 116 Å². The van der Waals surface area contributed by atoms with Crippen LogP contribution in [0.25, 0.3) is 0 Å². The molecule has 1 atom stereocenters. The minimum Gasteiger partial charge on any atom is -0.361 e. The van der Waals surface area contributed by atoms with E-state index in [-0.39, 0.29) is 13.2 Å². The van der Waals surface area contributed by atoms with Crippen LogP contribution in [0.4, 0.5) is 0 Å². The molecule has 68 valence electrons. The lowest BCUT2D eigenvalue weighted by Gasteiger charge is -2.09. The number of ether oxygens (including phenoxy) is 1. The molecule has 0 rings (SSSR count). The van der Waals surface area contributed by atoms with Crippen LogP contribution in [0.2, 0.25) is 0 Å². The summed E-state index contributed by atoms with van der Waals surface area (Å²) in [5.74, 6) is -0.604. The molecule has 0 amide bonds. The van der Waals surface area contributed by atoms with Gasteiger partial charge in [0.2, 0.25) is 0 Å². The molecule has 0 aliphatic heterocycles. The number of rotatable bonds is 5. The summed E-state index contributed by atoms with van der Waals surface area (Å²) in [6.45, 7) is 0.440. The Morgan fingerprint density at radius 1 is 1.55 bits per heavy atom. The fraction of sp³-hybridized carbons (Fsp3) is 1.00. The van der Waals surface area contributed by atoms with Gasteiger partial charge in [0, 0.05) is 6.54 Å². The second-order valence-electron chi connectivity index (χ2n) is 1.95. The Balaban J connectivity index is 3.61. The van der Waals surface area contributed by atoms with Crippen molar-refractivity contribution in [3.8, 4) is 0 Å². The van der Waals surface area contributed by atoms with Crippen molar-refractivity contribution in [2.75, 3.05) is 18.9 Å². The van der Waals surface area contributed by atoms with Gasteiger partial charge in [0.1, 0.15) is 12.0 Å². The van der Waals surface area contributed by atoms with E-state index >= 15 is 0 Å². The van der Waals surface area contributed by atoms with E-state index in [4.69, 9.17) is 16.0 Å². The van der Waals surface area contributed by atoms with Gasteiger partial charge in [0.15, 0.2) is 0 Å². The van der Waals surface area contributed by atoms with Crippen molar-refractivity contribution >= 4 is 10.1 Å². The van der Waals surface area contributed by atoms with Crippen molar-refractivity contribution in [3.63, 3.8) is 0 Å². The fourth-order valence-corrected chi connectivity index (χ4v) is 0.987. The number of hydrogen-bond acceptors (Lipinski definition) is 5. The predicted molar refractivity (Wildman–Crippen MR) is 39.4 cm³/mol. The van der Waals surface area contributed by atoms with Gasteiger partial charge in [-0.1, -0.05) is 0 Å². The Hall–Kier alpha value is -0.210. The molecular formula is C4H12N2O4S. The van der Waals surface area contributed by atoms with Crippen LogP contribution in [-0.4, -0.2) is 38.1 Å². The minimum absolute atomic E-state index is 0.177. The van der Waals surface area contributed by atoms with Crippen LogP contribution >= 0.6 is 0 Å². The zero-order valence-electron chi connectivity index (χ0n) is 5.93. The SMILES string of the molecule is NCCOC(N)CS(=O)(=O)O. The first-order valence-electron chi connectivity index (χ1n) is 2.98. The molecule has 0 aromatic rings. The highest BCUT2D eigenvalue weighted by Crippen LogP contribution is 1.88. The summed E-state index contributed by atoms with van der Waals surface area (Å²) in [5.41, 5.74) is 10.2. The van der Waals surface area contributed by atoms with Gasteiger partial charge in [-0.25, -0.2) is 0 Å². The maximum atomic E-state index is 10.2. The van der Waals surface area contributed by atoms with Crippen LogP contribution in [0.5, 0.6) is 0 Å². The zero-order chi connectivity index (χ0) is 8.91. The molecule has 0 fully saturated rings. The Morgan fingerprint density at radius 3 is 2.45 bits per heavy atom. The van der Waals surface area contributed by atoms with Crippen LogP contribution < -0.4 is 11.5 Å². The van der Waals surface area contributed by atoms with E-state index in [1.54, 1.807) is 0 Å². The van der Waals surface area contributed by atoms with Crippen LogP contribution in [0.1, 0.15) is 0 Å². The average molecular weight is 184 g/mol. The van der Waals surface area contributed by atoms with E-state index in [0.29, 0.717) is 0 Å². The van der Waals surface area contributed by atoms with E-state index in [1.165, 1.54) is 0 Å². The molecule has 0 aromatic heterocycles. The van der Waals surface area contributed by atoms with Gasteiger partial charge in [-0.15, -0.1) is 0 Å². The second-order valence-corrected chi connectivity index (χ2v) is 3.44. The van der Waals surface area contributed by atoms with Crippen molar-refractivity contribution in [2.45, 2.75) is 6.23 Å². The van der Waals surface area contributed by atoms with Gasteiger partial charge in [-0.3, -0.25) is 4.55 Å². The van der Waals surface area contributed by atoms with Crippen molar-refractivity contribution in [1.29, 1.82) is 0 Å². The lowest BCUT2D eigenvalue weighted by molar-refractivity contribution is 0.0777. The number of hydrogen-bond donors (Lipinski definition) is 3. The molecular weight excluding hydrogens is 172 g/mol. The zero-order valence-corrected chi connectivity index (χ0v) is 6.75. The van der Waals surface area contributed by atoms with Gasteiger partial charge < -0.3 is 16.2 Å². The summed E-state index contributed by atoms with van der Waals surface area (Å²) < 4.78 is 33.3. The molecule has 0 bridgehead atoms. The fourth-order valence-electron chi connectivity index (χ4n) is 0.475. The van der Waals surface area contributed by atoms with Crippen molar-refractivity contribution in [3.05, 3.63) is 0 Å². The van der Waals surface area contributed by atoms with Gasteiger partial charge in [0.25, 0.3) is 10.1 Å². The molecule has 0 aliphatic rings. The Bertz CT molecular complexity index is 190. The summed E-state index contributed by atoms with van der Waals surface area (Å²) in [5, 5.41) is 0. The molecule has 0 heterocycles. The third-order valence-corrected chi connectivity index (χ3v) is 1.57. The first kappa shape index (κ1) is 10.8. The standard InChI is InChI=1S/C4H12N2O4S/c5-1-2-10-4(6)3-11(7,8)9/h4H,1-3,5-6H2,(H,7,8,9). The smallest absolute Gasteiger partial charge is 0.268 e. The van der Waals surface area contributed by atoms with Crippen molar-refractivity contribution in [2.24, 2.45) is 11.5 Å². The third kappa shape index (κ3) is 7.69. The second kappa shape index (κ2) is 4.62. The molecule has 0 spiro atoms. The Labute approximate surface area is 65.3 Å². The molecule has 1 unspecified atom stereocenters. The molecule has 0 aliphatic carbocycles. The maximum Gasteiger partial charge on any atom is 0.268 e. The Kier molecular flexibility index (Phi) is 4.54. The summed E-state index contributed by atoms with van der Waals surface area (Å²) >= 11 is 0. The minimum atomic E-state index is -4.04. The highest BCUT2D eigenvalue weighted by atomic mass is 32.2. The lowest BCUT2D eigenvalue weighted by atomic mass is 10.6. The monoisotopic (exact) mass is 184 g/mol. The molecule has 7 heteroatoms. The molecule has 0 saturated carbocycles. The third-order valence-electron chi connectivity index (χ3n) is 0.825. The van der Waals surface area contributed by atoms with Crippen LogP contribution in [0.3, 0.4) is 0 Å².